The molecule has 1 aliphatic heterocycles. The Labute approximate surface area is 171 Å². The maximum atomic E-state index is 11.2. The summed E-state index contributed by atoms with van der Waals surface area (Å²) in [7, 11) is 0. The molecule has 0 radical (unpaired) electrons. The summed E-state index contributed by atoms with van der Waals surface area (Å²) in [6.07, 6.45) is 2.27. The first-order valence-electron chi connectivity index (χ1n) is 8.65. The predicted molar refractivity (Wildman–Crippen MR) is 115 cm³/mol. The molecule has 0 aliphatic carbocycles. The van der Waals surface area contributed by atoms with Crippen LogP contribution in [-0.2, 0) is 16.6 Å². The molecule has 1 amide bonds. The van der Waals surface area contributed by atoms with Crippen LogP contribution < -0.4 is 16.0 Å². The van der Waals surface area contributed by atoms with Gasteiger partial charge in [-0.1, -0.05) is 20.8 Å². The maximum absolute atomic E-state index is 11.2. The van der Waals surface area contributed by atoms with Gasteiger partial charge in [0.05, 0.1) is 10.7 Å². The fraction of sp³-hybridized carbons (Fsp3) is 0.706. The van der Waals surface area contributed by atoms with Crippen LogP contribution in [0.5, 0.6) is 0 Å². The van der Waals surface area contributed by atoms with E-state index in [2.05, 4.69) is 54.0 Å². The third-order valence-electron chi connectivity index (χ3n) is 3.87. The number of carbonyl (C=O) groups is 1. The summed E-state index contributed by atoms with van der Waals surface area (Å²) in [6, 6.07) is 0.243. The number of nitrogens with one attached hydrogen (secondary N) is 3. The summed E-state index contributed by atoms with van der Waals surface area (Å²) in [4.78, 5) is 20.6. The van der Waals surface area contributed by atoms with E-state index in [1.54, 1.807) is 11.3 Å². The van der Waals surface area contributed by atoms with E-state index in [1.807, 2.05) is 0 Å². The minimum atomic E-state index is 0. The summed E-state index contributed by atoms with van der Waals surface area (Å²) in [5, 5.41) is 12.8. The van der Waals surface area contributed by atoms with Crippen molar-refractivity contribution in [2.75, 3.05) is 19.6 Å². The van der Waals surface area contributed by atoms with E-state index < -0.39 is 0 Å². The van der Waals surface area contributed by atoms with Gasteiger partial charge >= 0.3 is 0 Å². The maximum Gasteiger partial charge on any atom is 0.220 e. The molecule has 2 rings (SSSR count). The van der Waals surface area contributed by atoms with Crippen LogP contribution in [0.4, 0.5) is 0 Å². The lowest BCUT2D eigenvalue weighted by molar-refractivity contribution is -0.122. The van der Waals surface area contributed by atoms with E-state index in [0.717, 1.165) is 36.0 Å². The number of rotatable bonds is 5. The second kappa shape index (κ2) is 10.3. The highest BCUT2D eigenvalue weighted by molar-refractivity contribution is 14.0. The number of halogens is 1. The van der Waals surface area contributed by atoms with Crippen molar-refractivity contribution in [2.24, 2.45) is 4.99 Å². The zero-order valence-electron chi connectivity index (χ0n) is 15.5. The van der Waals surface area contributed by atoms with Crippen LogP contribution in [0.3, 0.4) is 0 Å². The topological polar surface area (TPSA) is 78.4 Å². The molecule has 3 N–H and O–H groups in total. The molecule has 1 fully saturated rings. The van der Waals surface area contributed by atoms with Crippen molar-refractivity contribution in [3.8, 4) is 0 Å². The summed E-state index contributed by atoms with van der Waals surface area (Å²) >= 11 is 1.71. The van der Waals surface area contributed by atoms with Crippen LogP contribution in [0.2, 0.25) is 0 Å². The Morgan fingerprint density at radius 2 is 2.24 bits per heavy atom. The number of hydrogen-bond donors (Lipinski definition) is 3. The van der Waals surface area contributed by atoms with Gasteiger partial charge < -0.3 is 16.0 Å². The second-order valence-corrected chi connectivity index (χ2v) is 8.01. The van der Waals surface area contributed by atoms with E-state index in [0.29, 0.717) is 19.5 Å². The van der Waals surface area contributed by atoms with Crippen molar-refractivity contribution < 1.29 is 4.79 Å². The smallest absolute Gasteiger partial charge is 0.220 e. The van der Waals surface area contributed by atoms with Gasteiger partial charge in [-0.15, -0.1) is 35.3 Å². The summed E-state index contributed by atoms with van der Waals surface area (Å²) < 4.78 is 0. The van der Waals surface area contributed by atoms with Crippen molar-refractivity contribution in [2.45, 2.75) is 58.4 Å². The van der Waals surface area contributed by atoms with Crippen LogP contribution in [-0.4, -0.2) is 42.5 Å². The molecule has 1 aromatic heterocycles. The minimum absolute atomic E-state index is 0. The lowest BCUT2D eigenvalue weighted by Gasteiger charge is -2.25. The van der Waals surface area contributed by atoms with E-state index in [9.17, 15) is 4.79 Å². The SMILES string of the molecule is CCNC(=NCCc1nc(C(C)(C)C)cs1)NC1CCC(=O)NC1.I. The third kappa shape index (κ3) is 7.47. The van der Waals surface area contributed by atoms with Gasteiger partial charge in [-0.2, -0.15) is 0 Å². The zero-order chi connectivity index (χ0) is 17.6. The fourth-order valence-corrected chi connectivity index (χ4v) is 3.42. The molecule has 1 aliphatic rings. The molecule has 2 heterocycles. The quantitative estimate of drug-likeness (QED) is 0.345. The van der Waals surface area contributed by atoms with Crippen molar-refractivity contribution in [1.82, 2.24) is 20.9 Å². The van der Waals surface area contributed by atoms with Gasteiger partial charge in [-0.05, 0) is 13.3 Å². The van der Waals surface area contributed by atoms with Gasteiger partial charge in [0.25, 0.3) is 0 Å². The first kappa shape index (κ1) is 22.1. The standard InChI is InChI=1S/C17H29N5OS.HI/c1-5-18-16(21-12-6-7-14(23)20-10-12)19-9-8-15-22-13(11-24-15)17(2,3)4;/h11-12H,5-10H2,1-4H3,(H,20,23)(H2,18,19,21);1H. The molecule has 142 valence electrons. The van der Waals surface area contributed by atoms with Gasteiger partial charge in [0.1, 0.15) is 0 Å². The average molecular weight is 479 g/mol. The van der Waals surface area contributed by atoms with Gasteiger partial charge in [0.15, 0.2) is 5.96 Å². The molecule has 0 spiro atoms. The van der Waals surface area contributed by atoms with Gasteiger partial charge in [0.2, 0.25) is 5.91 Å². The number of guanidine groups is 1. The average Bonchev–Trinajstić information content (AvgIpc) is 2.99. The highest BCUT2D eigenvalue weighted by atomic mass is 127. The van der Waals surface area contributed by atoms with Gasteiger partial charge in [-0.25, -0.2) is 4.98 Å². The number of piperidine rings is 1. The van der Waals surface area contributed by atoms with Crippen molar-refractivity contribution in [1.29, 1.82) is 0 Å². The van der Waals surface area contributed by atoms with Crippen LogP contribution >= 0.6 is 35.3 Å². The molecule has 0 saturated carbocycles. The Morgan fingerprint density at radius 3 is 2.80 bits per heavy atom. The summed E-state index contributed by atoms with van der Waals surface area (Å²) in [6.45, 7) is 10.8. The molecular formula is C17H30IN5OS. The number of nitrogens with zero attached hydrogens (tertiary/aromatic N) is 2. The van der Waals surface area contributed by atoms with Crippen molar-refractivity contribution in [3.63, 3.8) is 0 Å². The summed E-state index contributed by atoms with van der Waals surface area (Å²) in [5.41, 5.74) is 1.24. The van der Waals surface area contributed by atoms with E-state index >= 15 is 0 Å². The molecule has 25 heavy (non-hydrogen) atoms. The van der Waals surface area contributed by atoms with Crippen molar-refractivity contribution >= 4 is 47.2 Å². The Bertz CT molecular complexity index is 572. The number of thiazole rings is 1. The lowest BCUT2D eigenvalue weighted by Crippen LogP contribution is -2.51. The van der Waals surface area contributed by atoms with Crippen LogP contribution in [0.15, 0.2) is 10.4 Å². The number of amides is 1. The second-order valence-electron chi connectivity index (χ2n) is 7.07. The Kier molecular flexibility index (Phi) is 9.12. The van der Waals surface area contributed by atoms with Gasteiger partial charge in [0, 0.05) is 49.3 Å². The molecule has 1 aromatic rings. The Hall–Kier alpha value is -0.900. The molecule has 0 aromatic carbocycles. The Morgan fingerprint density at radius 1 is 1.48 bits per heavy atom. The number of aliphatic imine (C=N–C) groups is 1. The monoisotopic (exact) mass is 479 g/mol. The fourth-order valence-electron chi connectivity index (χ4n) is 2.40. The largest absolute Gasteiger partial charge is 0.357 e. The normalized spacial score (nSPS) is 18.3. The first-order valence-corrected chi connectivity index (χ1v) is 9.53. The van der Waals surface area contributed by atoms with Crippen LogP contribution in [0, 0.1) is 0 Å². The molecular weight excluding hydrogens is 449 g/mol. The van der Waals surface area contributed by atoms with E-state index in [1.165, 1.54) is 0 Å². The molecule has 1 saturated heterocycles. The molecule has 1 atom stereocenters. The Balaban J connectivity index is 0.00000312. The van der Waals surface area contributed by atoms with E-state index in [4.69, 9.17) is 4.98 Å². The lowest BCUT2D eigenvalue weighted by atomic mass is 9.93. The number of hydrogen-bond acceptors (Lipinski definition) is 4. The first-order chi connectivity index (χ1) is 11.4. The third-order valence-corrected chi connectivity index (χ3v) is 4.77. The highest BCUT2D eigenvalue weighted by Gasteiger charge is 2.19. The highest BCUT2D eigenvalue weighted by Crippen LogP contribution is 2.23. The van der Waals surface area contributed by atoms with Gasteiger partial charge in [-0.3, -0.25) is 9.79 Å². The van der Waals surface area contributed by atoms with E-state index in [-0.39, 0.29) is 41.3 Å². The van der Waals surface area contributed by atoms with Crippen molar-refractivity contribution in [3.05, 3.63) is 16.1 Å². The number of aromatic nitrogens is 1. The zero-order valence-corrected chi connectivity index (χ0v) is 18.7. The molecule has 8 heteroatoms. The molecule has 0 bridgehead atoms. The molecule has 6 nitrogen and oxygen atoms in total. The van der Waals surface area contributed by atoms with Crippen LogP contribution in [0.25, 0.3) is 0 Å². The number of carbonyl (C=O) groups excluding carboxylic acids is 1. The minimum Gasteiger partial charge on any atom is -0.357 e. The predicted octanol–water partition coefficient (Wildman–Crippen LogP) is 2.43. The summed E-state index contributed by atoms with van der Waals surface area (Å²) in [5.74, 6) is 0.944. The van der Waals surface area contributed by atoms with Crippen LogP contribution in [0.1, 0.15) is 51.2 Å². The molecule has 1 unspecified atom stereocenters.